The summed E-state index contributed by atoms with van der Waals surface area (Å²) >= 11 is 9.69. The minimum atomic E-state index is -0.246. The van der Waals surface area contributed by atoms with E-state index >= 15 is 0 Å². The number of nitrogens with zero attached hydrogens (tertiary/aromatic N) is 1. The molecule has 5 nitrogen and oxygen atoms in total. The van der Waals surface area contributed by atoms with E-state index < -0.39 is 0 Å². The average molecular weight is 476 g/mol. The molecule has 1 aromatic heterocycles. The summed E-state index contributed by atoms with van der Waals surface area (Å²) in [6.07, 6.45) is 2.03. The maximum absolute atomic E-state index is 13.0. The first kappa shape index (κ1) is 20.1. The molecule has 1 aliphatic heterocycles. The number of carbonyl (C=O) groups is 1. The highest BCUT2D eigenvalue weighted by atomic mass is 79.9. The van der Waals surface area contributed by atoms with Crippen molar-refractivity contribution in [1.82, 2.24) is 5.32 Å². The SMILES string of the molecule is Cc1c(Cl)cccc1N=c1oc2ccc(Br)cc2cc1C(=O)NC[C@@H]1CCCO1. The number of hydrogen-bond donors (Lipinski definition) is 1. The second kappa shape index (κ2) is 8.69. The van der Waals surface area contributed by atoms with Crippen molar-refractivity contribution in [3.05, 3.63) is 68.6 Å². The van der Waals surface area contributed by atoms with Gasteiger partial charge in [-0.1, -0.05) is 33.6 Å². The number of fused-ring (bicyclic) bond motifs is 1. The molecule has 1 saturated heterocycles. The lowest BCUT2D eigenvalue weighted by Crippen LogP contribution is -2.34. The van der Waals surface area contributed by atoms with Crippen LogP contribution in [0.25, 0.3) is 11.0 Å². The molecule has 2 heterocycles. The van der Waals surface area contributed by atoms with Gasteiger partial charge in [-0.2, -0.15) is 0 Å². The lowest BCUT2D eigenvalue weighted by atomic mass is 10.1. The topological polar surface area (TPSA) is 63.8 Å². The number of nitrogens with one attached hydrogen (secondary N) is 1. The molecule has 0 unspecified atom stereocenters. The van der Waals surface area contributed by atoms with Crippen molar-refractivity contribution >= 4 is 50.1 Å². The number of amides is 1. The third-order valence-corrected chi connectivity index (χ3v) is 5.83. The Morgan fingerprint density at radius 2 is 2.17 bits per heavy atom. The molecule has 0 radical (unpaired) electrons. The van der Waals surface area contributed by atoms with E-state index in [-0.39, 0.29) is 17.6 Å². The van der Waals surface area contributed by atoms with Crippen molar-refractivity contribution < 1.29 is 13.9 Å². The molecule has 1 aliphatic rings. The Morgan fingerprint density at radius 3 is 2.97 bits per heavy atom. The third kappa shape index (κ3) is 4.55. The first-order valence-corrected chi connectivity index (χ1v) is 10.6. The number of hydrogen-bond acceptors (Lipinski definition) is 4. The molecule has 3 aromatic rings. The highest BCUT2D eigenvalue weighted by Crippen LogP contribution is 2.25. The van der Waals surface area contributed by atoms with Crippen LogP contribution in [0.4, 0.5) is 5.69 Å². The molecule has 0 spiro atoms. The molecule has 150 valence electrons. The van der Waals surface area contributed by atoms with E-state index in [1.165, 1.54) is 0 Å². The highest BCUT2D eigenvalue weighted by Gasteiger charge is 2.19. The van der Waals surface area contributed by atoms with Crippen molar-refractivity contribution in [1.29, 1.82) is 0 Å². The number of halogens is 2. The molecule has 29 heavy (non-hydrogen) atoms. The van der Waals surface area contributed by atoms with E-state index in [0.29, 0.717) is 28.4 Å². The second-order valence-electron chi connectivity index (χ2n) is 6.99. The first-order chi connectivity index (χ1) is 14.0. The summed E-state index contributed by atoms with van der Waals surface area (Å²) in [6.45, 7) is 3.09. The van der Waals surface area contributed by atoms with Crippen LogP contribution in [-0.4, -0.2) is 25.2 Å². The normalized spacial score (nSPS) is 17.1. The maximum atomic E-state index is 13.0. The smallest absolute Gasteiger partial charge is 0.256 e. The Hall–Kier alpha value is -2.15. The van der Waals surface area contributed by atoms with Gasteiger partial charge in [-0.3, -0.25) is 4.79 Å². The summed E-state index contributed by atoms with van der Waals surface area (Å²) in [4.78, 5) is 17.6. The zero-order chi connectivity index (χ0) is 20.4. The fourth-order valence-electron chi connectivity index (χ4n) is 3.28. The monoisotopic (exact) mass is 474 g/mol. The molecule has 0 bridgehead atoms. The Labute approximate surface area is 181 Å². The van der Waals surface area contributed by atoms with Crippen LogP contribution in [0, 0.1) is 6.92 Å². The van der Waals surface area contributed by atoms with Gasteiger partial charge in [0.25, 0.3) is 5.91 Å². The van der Waals surface area contributed by atoms with Gasteiger partial charge in [-0.15, -0.1) is 0 Å². The second-order valence-corrected chi connectivity index (χ2v) is 8.31. The fraction of sp³-hybridized carbons (Fsp3) is 0.273. The van der Waals surface area contributed by atoms with Crippen molar-refractivity contribution in [2.75, 3.05) is 13.2 Å². The Morgan fingerprint density at radius 1 is 1.31 bits per heavy atom. The van der Waals surface area contributed by atoms with Crippen LogP contribution in [0.2, 0.25) is 5.02 Å². The standard InChI is InChI=1S/C22H20BrClN2O3/c1-13-18(24)5-2-6-19(13)26-22-17(21(27)25-12-16-4-3-9-28-16)11-14-10-15(23)7-8-20(14)29-22/h2,5-8,10-11,16H,3-4,9,12H2,1H3,(H,25,27)/t16-/m0/s1. The molecule has 1 amide bonds. The van der Waals surface area contributed by atoms with Gasteiger partial charge in [-0.05, 0) is 61.7 Å². The molecule has 2 aromatic carbocycles. The minimum absolute atomic E-state index is 0.0565. The molecular weight excluding hydrogens is 456 g/mol. The molecule has 0 aliphatic carbocycles. The molecule has 4 rings (SSSR count). The van der Waals surface area contributed by atoms with Gasteiger partial charge in [0, 0.05) is 28.0 Å². The van der Waals surface area contributed by atoms with Crippen LogP contribution < -0.4 is 10.9 Å². The molecular formula is C22H20BrClN2O3. The number of benzene rings is 2. The van der Waals surface area contributed by atoms with Crippen LogP contribution in [0.3, 0.4) is 0 Å². The van der Waals surface area contributed by atoms with E-state index in [4.69, 9.17) is 20.8 Å². The summed E-state index contributed by atoms with van der Waals surface area (Å²) < 4.78 is 12.5. The number of carbonyl (C=O) groups excluding carboxylic acids is 1. The van der Waals surface area contributed by atoms with Crippen LogP contribution in [-0.2, 0) is 4.74 Å². The largest absolute Gasteiger partial charge is 0.438 e. The van der Waals surface area contributed by atoms with Crippen molar-refractivity contribution in [2.24, 2.45) is 4.99 Å². The molecule has 0 saturated carbocycles. The number of rotatable bonds is 4. The highest BCUT2D eigenvalue weighted by molar-refractivity contribution is 9.10. The summed E-state index contributed by atoms with van der Waals surface area (Å²) in [5.74, 6) is -0.246. The van der Waals surface area contributed by atoms with E-state index in [2.05, 4.69) is 26.2 Å². The summed E-state index contributed by atoms with van der Waals surface area (Å²) in [7, 11) is 0. The van der Waals surface area contributed by atoms with E-state index in [1.807, 2.05) is 37.3 Å². The van der Waals surface area contributed by atoms with E-state index in [0.717, 1.165) is 34.9 Å². The minimum Gasteiger partial charge on any atom is -0.438 e. The lowest BCUT2D eigenvalue weighted by molar-refractivity contribution is 0.0854. The Kier molecular flexibility index (Phi) is 6.04. The van der Waals surface area contributed by atoms with Crippen LogP contribution >= 0.6 is 27.5 Å². The van der Waals surface area contributed by atoms with Crippen LogP contribution in [0.1, 0.15) is 28.8 Å². The molecule has 7 heteroatoms. The summed E-state index contributed by atoms with van der Waals surface area (Å²) in [5, 5.41) is 4.37. The quantitative estimate of drug-likeness (QED) is 0.557. The van der Waals surface area contributed by atoms with Crippen molar-refractivity contribution in [3.63, 3.8) is 0 Å². The fourth-order valence-corrected chi connectivity index (χ4v) is 3.83. The Bertz CT molecular complexity index is 1140. The summed E-state index contributed by atoms with van der Waals surface area (Å²) in [6, 6.07) is 12.9. The van der Waals surface area contributed by atoms with Gasteiger partial charge in [0.1, 0.15) is 11.1 Å². The maximum Gasteiger partial charge on any atom is 0.256 e. The predicted octanol–water partition coefficient (Wildman–Crippen LogP) is 5.30. The lowest BCUT2D eigenvalue weighted by Gasteiger charge is -2.11. The van der Waals surface area contributed by atoms with Crippen molar-refractivity contribution in [3.8, 4) is 0 Å². The van der Waals surface area contributed by atoms with E-state index in [1.54, 1.807) is 12.1 Å². The van der Waals surface area contributed by atoms with Gasteiger partial charge >= 0.3 is 0 Å². The average Bonchev–Trinajstić information content (AvgIpc) is 3.23. The summed E-state index contributed by atoms with van der Waals surface area (Å²) in [5.41, 5.74) is 2.74. The van der Waals surface area contributed by atoms with Crippen LogP contribution in [0.5, 0.6) is 0 Å². The predicted molar refractivity (Wildman–Crippen MR) is 117 cm³/mol. The zero-order valence-corrected chi connectivity index (χ0v) is 18.2. The van der Waals surface area contributed by atoms with Gasteiger partial charge in [0.15, 0.2) is 0 Å². The molecule has 1 N–H and O–H groups in total. The first-order valence-electron chi connectivity index (χ1n) is 9.44. The molecule has 1 atom stereocenters. The third-order valence-electron chi connectivity index (χ3n) is 4.93. The van der Waals surface area contributed by atoms with Gasteiger partial charge in [0.05, 0.1) is 11.8 Å². The van der Waals surface area contributed by atoms with Gasteiger partial charge < -0.3 is 14.5 Å². The number of ether oxygens (including phenoxy) is 1. The Balaban J connectivity index is 1.79. The van der Waals surface area contributed by atoms with Gasteiger partial charge in [0.2, 0.25) is 5.55 Å². The molecule has 1 fully saturated rings. The van der Waals surface area contributed by atoms with Crippen molar-refractivity contribution in [2.45, 2.75) is 25.9 Å². The van der Waals surface area contributed by atoms with Gasteiger partial charge in [-0.25, -0.2) is 4.99 Å². The van der Waals surface area contributed by atoms with Crippen LogP contribution in [0.15, 0.2) is 56.3 Å². The zero-order valence-electron chi connectivity index (χ0n) is 15.9. The van der Waals surface area contributed by atoms with E-state index in [9.17, 15) is 4.79 Å².